The zero-order valence-corrected chi connectivity index (χ0v) is 12.1. The molecule has 0 radical (unpaired) electrons. The molecule has 0 N–H and O–H groups in total. The molecule has 20 heavy (non-hydrogen) atoms. The van der Waals surface area contributed by atoms with Gasteiger partial charge >= 0.3 is 6.09 Å². The number of carbonyl (C=O) groups is 1. The van der Waals surface area contributed by atoms with Crippen LogP contribution in [0.1, 0.15) is 32.8 Å². The normalized spacial score (nSPS) is 15.8. The van der Waals surface area contributed by atoms with Gasteiger partial charge in [-0.15, -0.1) is 0 Å². The largest absolute Gasteiger partial charge is 0.444 e. The second kappa shape index (κ2) is 5.65. The minimum Gasteiger partial charge on any atom is -0.444 e. The van der Waals surface area contributed by atoms with E-state index in [1.165, 1.54) is 6.07 Å². The number of carbonyl (C=O) groups excluding carboxylic acids is 1. The van der Waals surface area contributed by atoms with Crippen molar-refractivity contribution in [2.75, 3.05) is 13.1 Å². The summed E-state index contributed by atoms with van der Waals surface area (Å²) in [6.07, 6.45) is 2.35. The van der Waals surface area contributed by atoms with E-state index in [0.29, 0.717) is 25.1 Å². The second-order valence-electron chi connectivity index (χ2n) is 5.90. The predicted octanol–water partition coefficient (Wildman–Crippen LogP) is 3.85. The molecule has 3 nitrogen and oxygen atoms in total. The molecule has 0 aliphatic carbocycles. The standard InChI is InChI=1S/C16H20FNO2/c1-16(2,3)20-15(19)18-10-6-7-12(11-18)13-8-4-5-9-14(13)17/h4-5,7-9H,6,10-11H2,1-3H3. The Morgan fingerprint density at radius 1 is 1.30 bits per heavy atom. The van der Waals surface area contributed by atoms with E-state index in [1.807, 2.05) is 26.8 Å². The second-order valence-corrected chi connectivity index (χ2v) is 5.90. The molecule has 1 aliphatic rings. The molecule has 1 amide bonds. The SMILES string of the molecule is CC(C)(C)OC(=O)N1CCC=C(c2ccccc2F)C1. The van der Waals surface area contributed by atoms with Gasteiger partial charge in [0.05, 0.1) is 0 Å². The summed E-state index contributed by atoms with van der Waals surface area (Å²) >= 11 is 0. The van der Waals surface area contributed by atoms with E-state index < -0.39 is 5.60 Å². The molecule has 1 aliphatic heterocycles. The van der Waals surface area contributed by atoms with E-state index >= 15 is 0 Å². The van der Waals surface area contributed by atoms with Gasteiger partial charge in [-0.05, 0) is 38.8 Å². The van der Waals surface area contributed by atoms with Crippen LogP contribution < -0.4 is 0 Å². The van der Waals surface area contributed by atoms with Crippen LogP contribution in [0.15, 0.2) is 30.3 Å². The Labute approximate surface area is 119 Å². The molecule has 0 spiro atoms. The summed E-state index contributed by atoms with van der Waals surface area (Å²) in [5, 5.41) is 0. The molecule has 2 rings (SSSR count). The number of amides is 1. The number of hydrogen-bond donors (Lipinski definition) is 0. The molecule has 0 fully saturated rings. The third kappa shape index (κ3) is 3.59. The molecule has 1 heterocycles. The lowest BCUT2D eigenvalue weighted by Crippen LogP contribution is -2.39. The van der Waals surface area contributed by atoms with Gasteiger partial charge in [0.25, 0.3) is 0 Å². The summed E-state index contributed by atoms with van der Waals surface area (Å²) in [6, 6.07) is 6.63. The van der Waals surface area contributed by atoms with Crippen LogP contribution in [-0.2, 0) is 4.74 Å². The van der Waals surface area contributed by atoms with E-state index in [1.54, 1.807) is 23.1 Å². The summed E-state index contributed by atoms with van der Waals surface area (Å²) in [6.45, 7) is 6.50. The highest BCUT2D eigenvalue weighted by Crippen LogP contribution is 2.24. The first kappa shape index (κ1) is 14.6. The van der Waals surface area contributed by atoms with Crippen molar-refractivity contribution < 1.29 is 13.9 Å². The summed E-state index contributed by atoms with van der Waals surface area (Å²) in [5.74, 6) is -0.259. The quantitative estimate of drug-likeness (QED) is 0.780. The molecular formula is C16H20FNO2. The van der Waals surface area contributed by atoms with Crippen molar-refractivity contribution in [3.8, 4) is 0 Å². The van der Waals surface area contributed by atoms with Crippen molar-refractivity contribution in [2.24, 2.45) is 0 Å². The predicted molar refractivity (Wildman–Crippen MR) is 76.8 cm³/mol. The van der Waals surface area contributed by atoms with E-state index in [0.717, 1.165) is 5.57 Å². The highest BCUT2D eigenvalue weighted by molar-refractivity contribution is 5.75. The first-order chi connectivity index (χ1) is 9.37. The van der Waals surface area contributed by atoms with Crippen LogP contribution in [-0.4, -0.2) is 29.7 Å². The van der Waals surface area contributed by atoms with Crippen molar-refractivity contribution in [3.05, 3.63) is 41.7 Å². The molecule has 0 saturated carbocycles. The lowest BCUT2D eigenvalue weighted by atomic mass is 10.0. The van der Waals surface area contributed by atoms with Crippen LogP contribution in [0.2, 0.25) is 0 Å². The number of rotatable bonds is 1. The van der Waals surface area contributed by atoms with Gasteiger partial charge in [0.2, 0.25) is 0 Å². The topological polar surface area (TPSA) is 29.5 Å². The third-order valence-corrected chi connectivity index (χ3v) is 3.02. The fraction of sp³-hybridized carbons (Fsp3) is 0.438. The van der Waals surface area contributed by atoms with Crippen LogP contribution >= 0.6 is 0 Å². The molecular weight excluding hydrogens is 257 g/mol. The highest BCUT2D eigenvalue weighted by Gasteiger charge is 2.25. The summed E-state index contributed by atoms with van der Waals surface area (Å²) in [4.78, 5) is 13.7. The molecule has 1 aromatic rings. The summed E-state index contributed by atoms with van der Waals surface area (Å²) in [5.41, 5.74) is 0.872. The minimum absolute atomic E-state index is 0.259. The van der Waals surface area contributed by atoms with E-state index in [-0.39, 0.29) is 11.9 Å². The molecule has 0 saturated heterocycles. The monoisotopic (exact) mass is 277 g/mol. The van der Waals surface area contributed by atoms with Crippen molar-refractivity contribution >= 4 is 11.7 Å². The molecule has 0 atom stereocenters. The van der Waals surface area contributed by atoms with Crippen LogP contribution in [0.25, 0.3) is 5.57 Å². The Bertz CT molecular complexity index is 532. The average molecular weight is 277 g/mol. The van der Waals surface area contributed by atoms with Crippen molar-refractivity contribution in [2.45, 2.75) is 32.8 Å². The Hall–Kier alpha value is -1.84. The third-order valence-electron chi connectivity index (χ3n) is 3.02. The van der Waals surface area contributed by atoms with Crippen molar-refractivity contribution in [1.82, 2.24) is 4.90 Å². The van der Waals surface area contributed by atoms with Gasteiger partial charge < -0.3 is 9.64 Å². The lowest BCUT2D eigenvalue weighted by molar-refractivity contribution is 0.0273. The molecule has 0 aromatic heterocycles. The van der Waals surface area contributed by atoms with Gasteiger partial charge in [-0.1, -0.05) is 24.3 Å². The van der Waals surface area contributed by atoms with Gasteiger partial charge in [-0.25, -0.2) is 9.18 Å². The molecule has 1 aromatic carbocycles. The fourth-order valence-electron chi connectivity index (χ4n) is 2.14. The summed E-state index contributed by atoms with van der Waals surface area (Å²) in [7, 11) is 0. The molecule has 4 heteroatoms. The fourth-order valence-corrected chi connectivity index (χ4v) is 2.14. The first-order valence-corrected chi connectivity index (χ1v) is 6.79. The van der Waals surface area contributed by atoms with Crippen molar-refractivity contribution in [3.63, 3.8) is 0 Å². The number of benzene rings is 1. The lowest BCUT2D eigenvalue weighted by Gasteiger charge is -2.30. The van der Waals surface area contributed by atoms with Gasteiger partial charge in [-0.3, -0.25) is 0 Å². The van der Waals surface area contributed by atoms with E-state index in [9.17, 15) is 9.18 Å². The highest BCUT2D eigenvalue weighted by atomic mass is 19.1. The number of ether oxygens (including phenoxy) is 1. The van der Waals surface area contributed by atoms with Gasteiger partial charge in [0.1, 0.15) is 11.4 Å². The van der Waals surface area contributed by atoms with Crippen LogP contribution in [0.4, 0.5) is 9.18 Å². The zero-order valence-electron chi connectivity index (χ0n) is 12.1. The first-order valence-electron chi connectivity index (χ1n) is 6.79. The molecule has 0 bridgehead atoms. The van der Waals surface area contributed by atoms with Gasteiger partial charge in [0, 0.05) is 18.7 Å². The molecule has 0 unspecified atom stereocenters. The van der Waals surface area contributed by atoms with E-state index in [4.69, 9.17) is 4.74 Å². The zero-order chi connectivity index (χ0) is 14.8. The smallest absolute Gasteiger partial charge is 0.410 e. The maximum absolute atomic E-state index is 13.8. The number of nitrogens with zero attached hydrogens (tertiary/aromatic N) is 1. The van der Waals surface area contributed by atoms with Gasteiger partial charge in [-0.2, -0.15) is 0 Å². The Morgan fingerprint density at radius 2 is 2.00 bits per heavy atom. The van der Waals surface area contributed by atoms with Crippen LogP contribution in [0.5, 0.6) is 0 Å². The molecule has 108 valence electrons. The van der Waals surface area contributed by atoms with Crippen LogP contribution in [0, 0.1) is 5.82 Å². The van der Waals surface area contributed by atoms with Gasteiger partial charge in [0.15, 0.2) is 0 Å². The Balaban J connectivity index is 2.11. The maximum atomic E-state index is 13.8. The summed E-state index contributed by atoms with van der Waals surface area (Å²) < 4.78 is 19.2. The number of hydrogen-bond acceptors (Lipinski definition) is 2. The van der Waals surface area contributed by atoms with Crippen molar-refractivity contribution in [1.29, 1.82) is 0 Å². The van der Waals surface area contributed by atoms with E-state index in [2.05, 4.69) is 0 Å². The maximum Gasteiger partial charge on any atom is 0.410 e. The van der Waals surface area contributed by atoms with Crippen LogP contribution in [0.3, 0.4) is 0 Å². The Kier molecular flexibility index (Phi) is 4.12. The Morgan fingerprint density at radius 3 is 2.65 bits per heavy atom. The average Bonchev–Trinajstić information content (AvgIpc) is 2.37. The minimum atomic E-state index is -0.517. The number of halogens is 1.